The average molecular weight is 612 g/mol. The van der Waals surface area contributed by atoms with Crippen LogP contribution in [-0.4, -0.2) is 50.9 Å². The number of halogens is 1. The lowest BCUT2D eigenvalue weighted by Gasteiger charge is -2.33. The second kappa shape index (κ2) is 14.1. The summed E-state index contributed by atoms with van der Waals surface area (Å²) in [5, 5.41) is 3.56. The van der Waals surface area contributed by atoms with Gasteiger partial charge in [0.05, 0.1) is 17.7 Å². The van der Waals surface area contributed by atoms with Gasteiger partial charge in [-0.2, -0.15) is 0 Å². The number of nitrogens with one attached hydrogen (secondary N) is 1. The molecule has 42 heavy (non-hydrogen) atoms. The summed E-state index contributed by atoms with van der Waals surface area (Å²) in [6.45, 7) is 3.10. The van der Waals surface area contributed by atoms with Crippen molar-refractivity contribution >= 4 is 39.1 Å². The fourth-order valence-electron chi connectivity index (χ4n) is 5.08. The van der Waals surface area contributed by atoms with E-state index in [0.717, 1.165) is 42.0 Å². The first-order valence-corrected chi connectivity index (χ1v) is 16.0. The van der Waals surface area contributed by atoms with Gasteiger partial charge in [0.1, 0.15) is 18.3 Å². The molecule has 1 saturated carbocycles. The summed E-state index contributed by atoms with van der Waals surface area (Å²) in [5.74, 6) is -0.295. The van der Waals surface area contributed by atoms with Crippen molar-refractivity contribution in [3.05, 3.63) is 88.9 Å². The van der Waals surface area contributed by atoms with Crippen molar-refractivity contribution in [3.63, 3.8) is 0 Å². The topological polar surface area (TPSA) is 96.0 Å². The standard InChI is InChI=1S/C32H38ClN3O5S/c1-23-13-15-27(16-14-23)36(42(39,40)29-19-17-28(41-3)18-20-29)22-31(37)35(21-25-9-7-8-12-30(25)33)24(2)32(38)34-26-10-5-4-6-11-26/h7-9,12-20,24,26H,4-6,10-11,21-22H2,1-3H3,(H,34,38). The van der Waals surface area contributed by atoms with Crippen LogP contribution in [0.15, 0.2) is 77.7 Å². The Kier molecular flexibility index (Phi) is 10.5. The Bertz CT molecular complexity index is 1470. The number of carbonyl (C=O) groups excluding carboxylic acids is 2. The molecule has 224 valence electrons. The van der Waals surface area contributed by atoms with Gasteiger partial charge in [-0.3, -0.25) is 13.9 Å². The van der Waals surface area contributed by atoms with E-state index in [0.29, 0.717) is 22.0 Å². The van der Waals surface area contributed by atoms with Gasteiger partial charge < -0.3 is 15.0 Å². The van der Waals surface area contributed by atoms with E-state index in [9.17, 15) is 18.0 Å². The van der Waals surface area contributed by atoms with Gasteiger partial charge in [-0.1, -0.05) is 66.8 Å². The second-order valence-corrected chi connectivity index (χ2v) is 12.9. The highest BCUT2D eigenvalue weighted by Gasteiger charge is 2.33. The lowest BCUT2D eigenvalue weighted by atomic mass is 9.95. The van der Waals surface area contributed by atoms with Crippen molar-refractivity contribution in [3.8, 4) is 5.75 Å². The molecular formula is C32H38ClN3O5S. The smallest absolute Gasteiger partial charge is 0.264 e. The maximum absolute atomic E-state index is 14.1. The minimum absolute atomic E-state index is 0.0115. The van der Waals surface area contributed by atoms with Crippen LogP contribution in [0.4, 0.5) is 5.69 Å². The Balaban J connectivity index is 1.68. The summed E-state index contributed by atoms with van der Waals surface area (Å²) in [6, 6.07) is 19.2. The van der Waals surface area contributed by atoms with Crippen LogP contribution in [0.1, 0.15) is 50.2 Å². The number of anilines is 1. The van der Waals surface area contributed by atoms with E-state index in [1.807, 2.05) is 13.0 Å². The number of ether oxygens (including phenoxy) is 1. The van der Waals surface area contributed by atoms with Crippen LogP contribution in [0.3, 0.4) is 0 Å². The first-order valence-electron chi connectivity index (χ1n) is 14.2. The molecule has 1 fully saturated rings. The Labute approximate surface area is 253 Å². The van der Waals surface area contributed by atoms with Crippen molar-refractivity contribution in [1.82, 2.24) is 10.2 Å². The van der Waals surface area contributed by atoms with Gasteiger partial charge in [0.15, 0.2) is 0 Å². The predicted octanol–water partition coefficient (Wildman–Crippen LogP) is 5.72. The van der Waals surface area contributed by atoms with Gasteiger partial charge in [-0.25, -0.2) is 8.42 Å². The normalized spacial score (nSPS) is 14.6. The Morgan fingerprint density at radius 2 is 1.62 bits per heavy atom. The first-order chi connectivity index (χ1) is 20.1. The second-order valence-electron chi connectivity index (χ2n) is 10.7. The Morgan fingerprint density at radius 1 is 0.976 bits per heavy atom. The van der Waals surface area contributed by atoms with Crippen LogP contribution in [0.5, 0.6) is 5.75 Å². The highest BCUT2D eigenvalue weighted by Crippen LogP contribution is 2.27. The van der Waals surface area contributed by atoms with Crippen molar-refractivity contribution in [1.29, 1.82) is 0 Å². The van der Waals surface area contributed by atoms with Crippen LogP contribution < -0.4 is 14.4 Å². The third kappa shape index (κ3) is 7.63. The molecule has 1 aliphatic rings. The zero-order valence-electron chi connectivity index (χ0n) is 24.3. The highest BCUT2D eigenvalue weighted by molar-refractivity contribution is 7.92. The number of methoxy groups -OCH3 is 1. The van der Waals surface area contributed by atoms with E-state index in [1.54, 1.807) is 61.5 Å². The van der Waals surface area contributed by atoms with Crippen LogP contribution in [-0.2, 0) is 26.2 Å². The molecule has 0 bridgehead atoms. The molecule has 1 unspecified atom stereocenters. The Hall–Kier alpha value is -3.56. The van der Waals surface area contributed by atoms with E-state index in [-0.39, 0.29) is 23.4 Å². The van der Waals surface area contributed by atoms with Gasteiger partial charge in [-0.15, -0.1) is 0 Å². The summed E-state index contributed by atoms with van der Waals surface area (Å²) in [4.78, 5) is 28.9. The van der Waals surface area contributed by atoms with Crippen molar-refractivity contribution in [2.75, 3.05) is 18.0 Å². The number of carbonyl (C=O) groups is 2. The van der Waals surface area contributed by atoms with Crippen LogP contribution in [0.25, 0.3) is 0 Å². The molecule has 1 atom stereocenters. The quantitative estimate of drug-likeness (QED) is 0.299. The summed E-state index contributed by atoms with van der Waals surface area (Å²) in [7, 11) is -2.67. The van der Waals surface area contributed by atoms with E-state index in [1.165, 1.54) is 24.1 Å². The number of hydrogen-bond donors (Lipinski definition) is 1. The number of benzene rings is 3. The third-order valence-electron chi connectivity index (χ3n) is 7.67. The summed E-state index contributed by atoms with van der Waals surface area (Å²) >= 11 is 6.45. The van der Waals surface area contributed by atoms with Crippen molar-refractivity contribution < 1.29 is 22.7 Å². The maximum atomic E-state index is 14.1. The number of nitrogens with zero attached hydrogens (tertiary/aromatic N) is 2. The number of rotatable bonds is 11. The SMILES string of the molecule is COc1ccc(S(=O)(=O)N(CC(=O)N(Cc2ccccc2Cl)C(C)C(=O)NC2CCCCC2)c2ccc(C)cc2)cc1. The summed E-state index contributed by atoms with van der Waals surface area (Å²) < 4.78 is 34.2. The van der Waals surface area contributed by atoms with Gasteiger partial charge >= 0.3 is 0 Å². The molecule has 0 aliphatic heterocycles. The number of hydrogen-bond acceptors (Lipinski definition) is 5. The molecule has 0 spiro atoms. The molecule has 4 rings (SSSR count). The number of amides is 2. The molecular weight excluding hydrogens is 574 g/mol. The zero-order valence-corrected chi connectivity index (χ0v) is 25.8. The Morgan fingerprint density at radius 3 is 2.24 bits per heavy atom. The molecule has 2 amide bonds. The fraction of sp³-hybridized carbons (Fsp3) is 0.375. The molecule has 10 heteroatoms. The third-order valence-corrected chi connectivity index (χ3v) is 9.82. The van der Waals surface area contributed by atoms with Gasteiger partial charge in [-0.05, 0) is 74.7 Å². The monoisotopic (exact) mass is 611 g/mol. The van der Waals surface area contributed by atoms with E-state index < -0.39 is 28.5 Å². The first kappa shape index (κ1) is 31.4. The van der Waals surface area contributed by atoms with E-state index in [4.69, 9.17) is 16.3 Å². The van der Waals surface area contributed by atoms with Gasteiger partial charge in [0, 0.05) is 17.6 Å². The molecule has 1 N–H and O–H groups in total. The van der Waals surface area contributed by atoms with Crippen molar-refractivity contribution in [2.45, 2.75) is 69.5 Å². The maximum Gasteiger partial charge on any atom is 0.264 e. The molecule has 3 aromatic rings. The van der Waals surface area contributed by atoms with E-state index in [2.05, 4.69) is 5.32 Å². The lowest BCUT2D eigenvalue weighted by molar-refractivity contribution is -0.139. The number of sulfonamides is 1. The molecule has 0 saturated heterocycles. The molecule has 0 heterocycles. The average Bonchev–Trinajstić information content (AvgIpc) is 3.00. The van der Waals surface area contributed by atoms with Crippen LogP contribution >= 0.6 is 11.6 Å². The van der Waals surface area contributed by atoms with Crippen LogP contribution in [0.2, 0.25) is 5.02 Å². The molecule has 0 aromatic heterocycles. The summed E-state index contributed by atoms with van der Waals surface area (Å²) in [5.41, 5.74) is 1.94. The van der Waals surface area contributed by atoms with Crippen LogP contribution in [0, 0.1) is 6.92 Å². The summed E-state index contributed by atoms with van der Waals surface area (Å²) in [6.07, 6.45) is 5.06. The lowest BCUT2D eigenvalue weighted by Crippen LogP contribution is -2.53. The highest BCUT2D eigenvalue weighted by atomic mass is 35.5. The molecule has 3 aromatic carbocycles. The van der Waals surface area contributed by atoms with Gasteiger partial charge in [0.25, 0.3) is 10.0 Å². The molecule has 1 aliphatic carbocycles. The fourth-order valence-corrected chi connectivity index (χ4v) is 6.69. The largest absolute Gasteiger partial charge is 0.497 e. The zero-order chi connectivity index (χ0) is 30.3. The van der Waals surface area contributed by atoms with Crippen molar-refractivity contribution in [2.24, 2.45) is 0 Å². The minimum atomic E-state index is -4.17. The molecule has 0 radical (unpaired) electrons. The molecule has 8 nitrogen and oxygen atoms in total. The minimum Gasteiger partial charge on any atom is -0.497 e. The predicted molar refractivity (Wildman–Crippen MR) is 165 cm³/mol. The van der Waals surface area contributed by atoms with E-state index >= 15 is 0 Å². The van der Waals surface area contributed by atoms with Gasteiger partial charge in [0.2, 0.25) is 11.8 Å². The number of aryl methyl sites for hydroxylation is 1.